The summed E-state index contributed by atoms with van der Waals surface area (Å²) in [5.74, 6) is 5.88. The van der Waals surface area contributed by atoms with Gasteiger partial charge < -0.3 is 25.4 Å². The Morgan fingerprint density at radius 1 is 1.15 bits per heavy atom. The van der Waals surface area contributed by atoms with Crippen LogP contribution in [0.2, 0.25) is 0 Å². The van der Waals surface area contributed by atoms with Gasteiger partial charge in [0.2, 0.25) is 0 Å². The highest BCUT2D eigenvalue weighted by molar-refractivity contribution is 8.00. The lowest BCUT2D eigenvalue weighted by molar-refractivity contribution is 0.236. The molecule has 3 aromatic rings. The van der Waals surface area contributed by atoms with E-state index in [0.29, 0.717) is 36.5 Å². The molecule has 0 amide bonds. The van der Waals surface area contributed by atoms with E-state index in [0.717, 1.165) is 66.7 Å². The lowest BCUT2D eigenvalue weighted by Crippen LogP contribution is -2.40. The summed E-state index contributed by atoms with van der Waals surface area (Å²) in [5, 5.41) is 12.3. The third kappa shape index (κ3) is 4.90. The molecule has 2 aliphatic heterocycles. The van der Waals surface area contributed by atoms with Crippen LogP contribution in [-0.2, 0) is 22.5 Å². The molecule has 0 atom stereocenters. The van der Waals surface area contributed by atoms with Gasteiger partial charge in [-0.05, 0) is 39.7 Å². The molecule has 3 heterocycles. The fourth-order valence-corrected chi connectivity index (χ4v) is 6.11. The van der Waals surface area contributed by atoms with E-state index in [9.17, 15) is 9.32 Å². The van der Waals surface area contributed by atoms with Crippen molar-refractivity contribution in [2.75, 3.05) is 54.9 Å². The Balaban J connectivity index is 1.25. The number of aromatic nitrogens is 2. The van der Waals surface area contributed by atoms with E-state index in [1.54, 1.807) is 6.07 Å². The van der Waals surface area contributed by atoms with Gasteiger partial charge >= 0.3 is 6.01 Å². The molecule has 5 rings (SSSR count). The average Bonchev–Trinajstić information content (AvgIpc) is 2.82. The molecule has 34 heavy (non-hydrogen) atoms. The second-order valence-corrected chi connectivity index (χ2v) is 11.8. The zero-order valence-corrected chi connectivity index (χ0v) is 20.1. The Labute approximate surface area is 200 Å². The number of phenolic OH excluding ortho intramolecular Hbond substituents is 1. The standard InChI is InChI=1S/C25H31N5O3S/c1-34(32)13-10-29(11-14-34)8-4-12-33-25-27-22-17-30(9-7-21(22)24(26)28-25)23-16-19(31)15-18-5-2-3-6-20(18)23/h2-3,5-6,15-16,31H,1,4,7-14,17H2,(H2,26,27,28). The van der Waals surface area contributed by atoms with Gasteiger partial charge in [-0.1, -0.05) is 24.3 Å². The summed E-state index contributed by atoms with van der Waals surface area (Å²) >= 11 is 0. The largest absolute Gasteiger partial charge is 0.508 e. The van der Waals surface area contributed by atoms with Crippen LogP contribution in [-0.4, -0.2) is 74.3 Å². The molecule has 0 bridgehead atoms. The van der Waals surface area contributed by atoms with Crippen molar-refractivity contribution in [2.24, 2.45) is 0 Å². The van der Waals surface area contributed by atoms with Crippen molar-refractivity contribution >= 4 is 37.7 Å². The monoisotopic (exact) mass is 481 g/mol. The highest BCUT2D eigenvalue weighted by atomic mass is 32.2. The summed E-state index contributed by atoms with van der Waals surface area (Å²) in [6, 6.07) is 11.9. The fraction of sp³-hybridized carbons (Fsp3) is 0.400. The van der Waals surface area contributed by atoms with E-state index in [1.165, 1.54) is 0 Å². The number of nitrogens with zero attached hydrogens (tertiary/aromatic N) is 4. The van der Waals surface area contributed by atoms with Crippen molar-refractivity contribution in [1.29, 1.82) is 0 Å². The number of nitrogen functional groups attached to an aromatic ring is 1. The molecule has 8 nitrogen and oxygen atoms in total. The van der Waals surface area contributed by atoms with Gasteiger partial charge in [0.25, 0.3) is 0 Å². The number of hydrogen-bond donors (Lipinski definition) is 2. The molecular formula is C25H31N5O3S. The lowest BCUT2D eigenvalue weighted by Gasteiger charge is -2.31. The molecule has 0 spiro atoms. The van der Waals surface area contributed by atoms with Crippen molar-refractivity contribution in [2.45, 2.75) is 19.4 Å². The van der Waals surface area contributed by atoms with Crippen LogP contribution in [0.4, 0.5) is 11.5 Å². The van der Waals surface area contributed by atoms with E-state index < -0.39 is 9.52 Å². The third-order valence-corrected chi connectivity index (χ3v) is 8.50. The number of rotatable bonds is 6. The molecule has 2 aliphatic rings. The third-order valence-electron chi connectivity index (χ3n) is 6.65. The molecule has 3 N–H and O–H groups in total. The zero-order valence-electron chi connectivity index (χ0n) is 19.3. The summed E-state index contributed by atoms with van der Waals surface area (Å²) in [4.78, 5) is 13.6. The fourth-order valence-electron chi connectivity index (χ4n) is 4.72. The summed E-state index contributed by atoms with van der Waals surface area (Å²) in [6.45, 7) is 4.37. The van der Waals surface area contributed by atoms with Crippen molar-refractivity contribution in [3.8, 4) is 11.8 Å². The topological polar surface area (TPSA) is 105 Å². The first-order chi connectivity index (χ1) is 16.4. The Morgan fingerprint density at radius 3 is 2.76 bits per heavy atom. The summed E-state index contributed by atoms with van der Waals surface area (Å²) in [5.41, 5.74) is 9.07. The van der Waals surface area contributed by atoms with E-state index in [1.807, 2.05) is 24.3 Å². The van der Waals surface area contributed by atoms with Crippen molar-refractivity contribution < 1.29 is 14.1 Å². The maximum absolute atomic E-state index is 12.0. The number of nitrogens with two attached hydrogens (primary N) is 1. The van der Waals surface area contributed by atoms with Crippen LogP contribution in [0, 0.1) is 0 Å². The smallest absolute Gasteiger partial charge is 0.318 e. The first-order valence-corrected chi connectivity index (χ1v) is 13.7. The molecule has 1 fully saturated rings. The van der Waals surface area contributed by atoms with Crippen LogP contribution in [0.25, 0.3) is 10.8 Å². The van der Waals surface area contributed by atoms with Crippen molar-refractivity contribution in [3.63, 3.8) is 0 Å². The van der Waals surface area contributed by atoms with E-state index in [-0.39, 0.29) is 5.75 Å². The molecule has 0 radical (unpaired) electrons. The van der Waals surface area contributed by atoms with Crippen LogP contribution in [0.5, 0.6) is 11.8 Å². The SMILES string of the molecule is C=S1(=O)CCN(CCCOc2nc(N)c3c(n2)CN(c2cc(O)cc4ccccc24)CC3)CC1. The van der Waals surface area contributed by atoms with Gasteiger partial charge in [0.1, 0.15) is 11.6 Å². The molecule has 2 aromatic carbocycles. The molecular weight excluding hydrogens is 450 g/mol. The Bertz CT molecular complexity index is 1300. The zero-order chi connectivity index (χ0) is 23.7. The Kier molecular flexibility index (Phi) is 6.22. The average molecular weight is 482 g/mol. The van der Waals surface area contributed by atoms with Crippen LogP contribution in [0.15, 0.2) is 36.4 Å². The predicted octanol–water partition coefficient (Wildman–Crippen LogP) is 2.28. The highest BCUT2D eigenvalue weighted by Crippen LogP contribution is 2.35. The van der Waals surface area contributed by atoms with Crippen LogP contribution in [0.3, 0.4) is 0 Å². The number of ether oxygens (including phenoxy) is 1. The number of phenols is 1. The summed E-state index contributed by atoms with van der Waals surface area (Å²) < 4.78 is 17.9. The van der Waals surface area contributed by atoms with Gasteiger partial charge in [0.05, 0.1) is 18.8 Å². The number of hydrogen-bond acceptors (Lipinski definition) is 8. The number of aromatic hydroxyl groups is 1. The first-order valence-electron chi connectivity index (χ1n) is 11.7. The van der Waals surface area contributed by atoms with Crippen LogP contribution >= 0.6 is 0 Å². The molecule has 180 valence electrons. The minimum absolute atomic E-state index is 0.247. The second kappa shape index (κ2) is 9.31. The summed E-state index contributed by atoms with van der Waals surface area (Å²) in [7, 11) is -1.87. The normalized spacial score (nSPS) is 18.1. The summed E-state index contributed by atoms with van der Waals surface area (Å²) in [6.07, 6.45) is 1.57. The lowest BCUT2D eigenvalue weighted by atomic mass is 10.0. The second-order valence-electron chi connectivity index (χ2n) is 9.09. The molecule has 1 aromatic heterocycles. The van der Waals surface area contributed by atoms with Gasteiger partial charge in [0.15, 0.2) is 0 Å². The number of fused-ring (bicyclic) bond motifs is 2. The molecule has 0 unspecified atom stereocenters. The van der Waals surface area contributed by atoms with Crippen LogP contribution < -0.4 is 15.4 Å². The molecule has 9 heteroatoms. The number of anilines is 2. The van der Waals surface area contributed by atoms with Gasteiger partial charge in [-0.15, -0.1) is 0 Å². The van der Waals surface area contributed by atoms with E-state index >= 15 is 0 Å². The number of benzene rings is 2. The molecule has 0 aliphatic carbocycles. The van der Waals surface area contributed by atoms with Crippen molar-refractivity contribution in [3.05, 3.63) is 47.7 Å². The van der Waals surface area contributed by atoms with Gasteiger partial charge in [-0.2, -0.15) is 9.97 Å². The van der Waals surface area contributed by atoms with E-state index in [4.69, 9.17) is 10.5 Å². The van der Waals surface area contributed by atoms with Gasteiger partial charge in [-0.3, -0.25) is 4.21 Å². The molecule has 1 saturated heterocycles. The first kappa shape index (κ1) is 22.7. The van der Waals surface area contributed by atoms with Gasteiger partial charge in [0, 0.05) is 60.4 Å². The van der Waals surface area contributed by atoms with Crippen molar-refractivity contribution in [1.82, 2.24) is 14.9 Å². The van der Waals surface area contributed by atoms with Gasteiger partial charge in [-0.25, -0.2) is 0 Å². The van der Waals surface area contributed by atoms with E-state index in [2.05, 4.69) is 31.7 Å². The Morgan fingerprint density at radius 2 is 1.94 bits per heavy atom. The highest BCUT2D eigenvalue weighted by Gasteiger charge is 2.24. The predicted molar refractivity (Wildman–Crippen MR) is 138 cm³/mol. The van der Waals surface area contributed by atoms with Crippen LogP contribution in [0.1, 0.15) is 17.7 Å². The minimum Gasteiger partial charge on any atom is -0.508 e. The quantitative estimate of drug-likeness (QED) is 0.408. The minimum atomic E-state index is -1.87. The maximum atomic E-state index is 12.0. The maximum Gasteiger partial charge on any atom is 0.318 e. The Hall–Kier alpha value is -3.04. The molecule has 0 saturated carbocycles.